The van der Waals surface area contributed by atoms with Gasteiger partial charge in [-0.05, 0) is 13.8 Å². The van der Waals surface area contributed by atoms with Gasteiger partial charge in [0.2, 0.25) is 0 Å². The summed E-state index contributed by atoms with van der Waals surface area (Å²) in [7, 11) is 1.72. The molecule has 0 amide bonds. The standard InChI is InChI=1S/C6H12O2/c1-6(2)5(7-3)4-8-6/h5H,4H2,1-3H3. The van der Waals surface area contributed by atoms with Gasteiger partial charge < -0.3 is 9.47 Å². The number of hydrogen-bond acceptors (Lipinski definition) is 2. The Morgan fingerprint density at radius 3 is 2.25 bits per heavy atom. The maximum absolute atomic E-state index is 5.20. The molecule has 1 fully saturated rings. The summed E-state index contributed by atoms with van der Waals surface area (Å²) in [5, 5.41) is 0. The van der Waals surface area contributed by atoms with Gasteiger partial charge in [0.05, 0.1) is 12.2 Å². The molecule has 0 radical (unpaired) electrons. The average molecular weight is 116 g/mol. The molecule has 0 aliphatic carbocycles. The minimum absolute atomic E-state index is 0.0330. The molecule has 1 unspecified atom stereocenters. The number of rotatable bonds is 1. The summed E-state index contributed by atoms with van der Waals surface area (Å²) in [6, 6.07) is 0. The van der Waals surface area contributed by atoms with Crippen molar-refractivity contribution in [2.45, 2.75) is 25.6 Å². The predicted octanol–water partition coefficient (Wildman–Crippen LogP) is 0.810. The highest BCUT2D eigenvalue weighted by atomic mass is 16.6. The first kappa shape index (κ1) is 6.05. The van der Waals surface area contributed by atoms with Crippen molar-refractivity contribution in [1.82, 2.24) is 0 Å². The Hall–Kier alpha value is -0.0800. The topological polar surface area (TPSA) is 18.5 Å². The number of methoxy groups -OCH3 is 1. The first-order valence-corrected chi connectivity index (χ1v) is 2.83. The normalized spacial score (nSPS) is 34.1. The number of hydrogen-bond donors (Lipinski definition) is 0. The van der Waals surface area contributed by atoms with E-state index in [0.29, 0.717) is 6.10 Å². The van der Waals surface area contributed by atoms with Crippen LogP contribution in [0.3, 0.4) is 0 Å². The molecule has 1 atom stereocenters. The molecule has 1 aliphatic heterocycles. The summed E-state index contributed by atoms with van der Waals surface area (Å²) in [6.45, 7) is 4.82. The van der Waals surface area contributed by atoms with Crippen molar-refractivity contribution in [3.63, 3.8) is 0 Å². The third-order valence-electron chi connectivity index (χ3n) is 1.67. The largest absolute Gasteiger partial charge is 0.376 e. The van der Waals surface area contributed by atoms with Crippen LogP contribution in [0.5, 0.6) is 0 Å². The highest BCUT2D eigenvalue weighted by Gasteiger charge is 2.39. The van der Waals surface area contributed by atoms with E-state index in [1.807, 2.05) is 13.8 Å². The van der Waals surface area contributed by atoms with Gasteiger partial charge in [-0.15, -0.1) is 0 Å². The molecule has 2 heteroatoms. The van der Waals surface area contributed by atoms with Gasteiger partial charge in [-0.3, -0.25) is 0 Å². The summed E-state index contributed by atoms with van der Waals surface area (Å²) in [6.07, 6.45) is 0.308. The summed E-state index contributed by atoms with van der Waals surface area (Å²) in [5.74, 6) is 0. The van der Waals surface area contributed by atoms with Crippen LogP contribution in [0.2, 0.25) is 0 Å². The van der Waals surface area contributed by atoms with E-state index in [1.165, 1.54) is 0 Å². The minimum atomic E-state index is -0.0330. The zero-order valence-electron chi connectivity index (χ0n) is 5.60. The molecule has 1 heterocycles. The molecule has 0 spiro atoms. The molecule has 0 aromatic carbocycles. The summed E-state index contributed by atoms with van der Waals surface area (Å²) < 4.78 is 10.3. The van der Waals surface area contributed by atoms with Crippen molar-refractivity contribution in [3.8, 4) is 0 Å². The van der Waals surface area contributed by atoms with E-state index < -0.39 is 0 Å². The van der Waals surface area contributed by atoms with Gasteiger partial charge in [-0.25, -0.2) is 0 Å². The van der Waals surface area contributed by atoms with Gasteiger partial charge >= 0.3 is 0 Å². The Morgan fingerprint density at radius 2 is 2.25 bits per heavy atom. The van der Waals surface area contributed by atoms with Crippen molar-refractivity contribution in [1.29, 1.82) is 0 Å². The summed E-state index contributed by atoms with van der Waals surface area (Å²) >= 11 is 0. The monoisotopic (exact) mass is 116 g/mol. The van der Waals surface area contributed by atoms with Crippen LogP contribution < -0.4 is 0 Å². The quantitative estimate of drug-likeness (QED) is 0.504. The summed E-state index contributed by atoms with van der Waals surface area (Å²) in [5.41, 5.74) is -0.0330. The van der Waals surface area contributed by atoms with E-state index in [9.17, 15) is 0 Å². The van der Waals surface area contributed by atoms with Crippen LogP contribution in [0.4, 0.5) is 0 Å². The van der Waals surface area contributed by atoms with Gasteiger partial charge in [0.1, 0.15) is 6.10 Å². The third-order valence-corrected chi connectivity index (χ3v) is 1.67. The Morgan fingerprint density at radius 1 is 1.62 bits per heavy atom. The van der Waals surface area contributed by atoms with Gasteiger partial charge in [0.25, 0.3) is 0 Å². The maximum atomic E-state index is 5.20. The highest BCUT2D eigenvalue weighted by molar-refractivity contribution is 4.88. The van der Waals surface area contributed by atoms with Gasteiger partial charge in [-0.1, -0.05) is 0 Å². The van der Waals surface area contributed by atoms with Crippen molar-refractivity contribution in [3.05, 3.63) is 0 Å². The van der Waals surface area contributed by atoms with Crippen LogP contribution in [0.1, 0.15) is 13.8 Å². The van der Waals surface area contributed by atoms with Crippen LogP contribution >= 0.6 is 0 Å². The SMILES string of the molecule is COC1COC1(C)C. The molecule has 48 valence electrons. The first-order valence-electron chi connectivity index (χ1n) is 2.83. The lowest BCUT2D eigenvalue weighted by atomic mass is 9.97. The van der Waals surface area contributed by atoms with Crippen molar-refractivity contribution < 1.29 is 9.47 Å². The van der Waals surface area contributed by atoms with Crippen molar-refractivity contribution >= 4 is 0 Å². The number of ether oxygens (including phenoxy) is 2. The molecule has 1 aliphatic rings. The fourth-order valence-corrected chi connectivity index (χ4v) is 0.837. The molecule has 0 aromatic rings. The lowest BCUT2D eigenvalue weighted by molar-refractivity contribution is -0.229. The second-order valence-electron chi connectivity index (χ2n) is 2.64. The van der Waals surface area contributed by atoms with E-state index in [4.69, 9.17) is 9.47 Å². The lowest BCUT2D eigenvalue weighted by Gasteiger charge is -2.42. The third kappa shape index (κ3) is 0.740. The van der Waals surface area contributed by atoms with E-state index in [-0.39, 0.29) is 5.60 Å². The Kier molecular flexibility index (Phi) is 1.29. The van der Waals surface area contributed by atoms with E-state index in [0.717, 1.165) is 6.61 Å². The molecule has 2 nitrogen and oxygen atoms in total. The average Bonchev–Trinajstić information content (AvgIpc) is 1.66. The molecular weight excluding hydrogens is 104 g/mol. The van der Waals surface area contributed by atoms with Gasteiger partial charge in [-0.2, -0.15) is 0 Å². The zero-order valence-corrected chi connectivity index (χ0v) is 5.60. The summed E-state index contributed by atoms with van der Waals surface area (Å²) in [4.78, 5) is 0. The molecule has 0 saturated carbocycles. The highest BCUT2D eigenvalue weighted by Crippen LogP contribution is 2.27. The van der Waals surface area contributed by atoms with E-state index in [1.54, 1.807) is 7.11 Å². The van der Waals surface area contributed by atoms with Crippen LogP contribution in [-0.2, 0) is 9.47 Å². The molecular formula is C6H12O2. The molecule has 1 saturated heterocycles. The molecule has 0 aromatic heterocycles. The van der Waals surface area contributed by atoms with Crippen LogP contribution in [0.15, 0.2) is 0 Å². The van der Waals surface area contributed by atoms with Crippen LogP contribution in [0.25, 0.3) is 0 Å². The van der Waals surface area contributed by atoms with Crippen molar-refractivity contribution in [2.75, 3.05) is 13.7 Å². The van der Waals surface area contributed by atoms with E-state index >= 15 is 0 Å². The second kappa shape index (κ2) is 1.71. The van der Waals surface area contributed by atoms with Gasteiger partial charge in [0.15, 0.2) is 0 Å². The molecule has 8 heavy (non-hydrogen) atoms. The predicted molar refractivity (Wildman–Crippen MR) is 30.8 cm³/mol. The zero-order chi connectivity index (χ0) is 6.20. The van der Waals surface area contributed by atoms with E-state index in [2.05, 4.69) is 0 Å². The molecule has 0 N–H and O–H groups in total. The van der Waals surface area contributed by atoms with Gasteiger partial charge in [0, 0.05) is 7.11 Å². The minimum Gasteiger partial charge on any atom is -0.376 e. The fraction of sp³-hybridized carbons (Fsp3) is 1.00. The maximum Gasteiger partial charge on any atom is 0.109 e. The Bertz CT molecular complexity index is 86.5. The lowest BCUT2D eigenvalue weighted by Crippen LogP contribution is -2.54. The van der Waals surface area contributed by atoms with Crippen molar-refractivity contribution in [2.24, 2.45) is 0 Å². The first-order chi connectivity index (χ1) is 3.67. The second-order valence-corrected chi connectivity index (χ2v) is 2.64. The fourth-order valence-electron chi connectivity index (χ4n) is 0.837. The smallest absolute Gasteiger partial charge is 0.109 e. The van der Waals surface area contributed by atoms with Crippen LogP contribution in [-0.4, -0.2) is 25.4 Å². The Balaban J connectivity index is 2.37. The molecule has 1 rings (SSSR count). The Labute approximate surface area is 49.8 Å². The molecule has 0 bridgehead atoms. The van der Waals surface area contributed by atoms with Crippen LogP contribution in [0, 0.1) is 0 Å².